The summed E-state index contributed by atoms with van der Waals surface area (Å²) in [7, 11) is -3.73. The van der Waals surface area contributed by atoms with E-state index in [-0.39, 0.29) is 11.9 Å². The molecule has 7 nitrogen and oxygen atoms in total. The van der Waals surface area contributed by atoms with E-state index in [9.17, 15) is 13.2 Å². The largest absolute Gasteiger partial charge is 0.486 e. The summed E-state index contributed by atoms with van der Waals surface area (Å²) in [6, 6.07) is 9.65. The maximum atomic E-state index is 13.0. The molecule has 0 fully saturated rings. The molecule has 0 saturated heterocycles. The van der Waals surface area contributed by atoms with Gasteiger partial charge in [0.05, 0.1) is 18.0 Å². The fourth-order valence-electron chi connectivity index (χ4n) is 3.43. The monoisotopic (exact) mass is 432 g/mol. The molecular weight excluding hydrogens is 404 g/mol. The minimum Gasteiger partial charge on any atom is -0.486 e. The van der Waals surface area contributed by atoms with Crippen molar-refractivity contribution in [1.29, 1.82) is 0 Å². The Bertz CT molecular complexity index is 1050. The summed E-state index contributed by atoms with van der Waals surface area (Å²) in [5.74, 6) is 0.628. The predicted octanol–water partition coefficient (Wildman–Crippen LogP) is 3.11. The van der Waals surface area contributed by atoms with Crippen LogP contribution in [0.25, 0.3) is 0 Å². The molecule has 8 heteroatoms. The minimum atomic E-state index is -3.73. The van der Waals surface area contributed by atoms with Gasteiger partial charge in [-0.3, -0.25) is 9.10 Å². The number of rotatable bonds is 6. The van der Waals surface area contributed by atoms with Crippen molar-refractivity contribution in [2.24, 2.45) is 0 Å². The Balaban J connectivity index is 1.84. The lowest BCUT2D eigenvalue weighted by molar-refractivity contribution is -0.122. The van der Waals surface area contributed by atoms with Crippen LogP contribution in [-0.4, -0.2) is 39.8 Å². The molecule has 0 bridgehead atoms. The maximum Gasteiger partial charge on any atom is 0.244 e. The molecule has 2 atom stereocenters. The fraction of sp³-hybridized carbons (Fsp3) is 0.409. The van der Waals surface area contributed by atoms with Gasteiger partial charge < -0.3 is 14.8 Å². The van der Waals surface area contributed by atoms with Crippen LogP contribution in [0.5, 0.6) is 11.5 Å². The maximum absolute atomic E-state index is 13.0. The first-order valence-electron chi connectivity index (χ1n) is 9.84. The Hall–Kier alpha value is -2.74. The van der Waals surface area contributed by atoms with Crippen LogP contribution in [0.1, 0.15) is 36.6 Å². The van der Waals surface area contributed by atoms with Crippen LogP contribution in [0.2, 0.25) is 0 Å². The van der Waals surface area contributed by atoms with Crippen LogP contribution in [0.15, 0.2) is 36.4 Å². The van der Waals surface area contributed by atoms with Crippen molar-refractivity contribution in [2.75, 3.05) is 23.8 Å². The number of carbonyl (C=O) groups is 1. The molecule has 0 aliphatic carbocycles. The summed E-state index contributed by atoms with van der Waals surface area (Å²) < 4.78 is 37.3. The molecule has 0 spiro atoms. The summed E-state index contributed by atoms with van der Waals surface area (Å²) in [6.45, 7) is 8.32. The quantitative estimate of drug-likeness (QED) is 0.758. The average molecular weight is 433 g/mol. The Morgan fingerprint density at radius 1 is 1.00 bits per heavy atom. The van der Waals surface area contributed by atoms with Crippen LogP contribution >= 0.6 is 0 Å². The molecule has 2 aromatic carbocycles. The van der Waals surface area contributed by atoms with Crippen LogP contribution < -0.4 is 19.1 Å². The number of ether oxygens (including phenoxy) is 2. The molecule has 3 rings (SSSR count). The summed E-state index contributed by atoms with van der Waals surface area (Å²) in [5.41, 5.74) is 3.62. The van der Waals surface area contributed by atoms with Crippen LogP contribution in [0.4, 0.5) is 5.69 Å². The Labute approximate surface area is 178 Å². The van der Waals surface area contributed by atoms with Gasteiger partial charge in [0.25, 0.3) is 0 Å². The molecule has 0 aromatic heterocycles. The van der Waals surface area contributed by atoms with Gasteiger partial charge >= 0.3 is 0 Å². The Morgan fingerprint density at radius 2 is 1.67 bits per heavy atom. The number of benzene rings is 2. The highest BCUT2D eigenvalue weighted by Gasteiger charge is 2.31. The molecule has 2 aromatic rings. The summed E-state index contributed by atoms with van der Waals surface area (Å²) >= 11 is 0. The van der Waals surface area contributed by atoms with E-state index < -0.39 is 16.1 Å². The minimum absolute atomic E-state index is 0.263. The van der Waals surface area contributed by atoms with Gasteiger partial charge in [-0.25, -0.2) is 8.42 Å². The standard InChI is InChI=1S/C22H28N2O5S/c1-14-6-7-18(12-15(14)2)16(3)23-22(25)17(4)24(30(5,26)27)19-8-9-20-21(13-19)29-11-10-28-20/h6-9,12-13,16-17H,10-11H2,1-5H3,(H,23,25)/t16-,17-/m0/s1. The van der Waals surface area contributed by atoms with Gasteiger partial charge in [-0.15, -0.1) is 0 Å². The van der Waals surface area contributed by atoms with Gasteiger partial charge in [-0.05, 0) is 56.5 Å². The number of nitrogens with zero attached hydrogens (tertiary/aromatic N) is 1. The first-order valence-corrected chi connectivity index (χ1v) is 11.7. The molecule has 0 saturated carbocycles. The topological polar surface area (TPSA) is 84.9 Å². The molecule has 0 radical (unpaired) electrons. The average Bonchev–Trinajstić information content (AvgIpc) is 2.68. The predicted molar refractivity (Wildman–Crippen MR) is 117 cm³/mol. The summed E-state index contributed by atoms with van der Waals surface area (Å²) in [4.78, 5) is 13.0. The third-order valence-electron chi connectivity index (χ3n) is 5.26. The van der Waals surface area contributed by atoms with Gasteiger partial charge in [0.1, 0.15) is 19.3 Å². The lowest BCUT2D eigenvalue weighted by atomic mass is 10.0. The van der Waals surface area contributed by atoms with Gasteiger partial charge in [-0.2, -0.15) is 0 Å². The van der Waals surface area contributed by atoms with E-state index in [0.29, 0.717) is 30.4 Å². The van der Waals surface area contributed by atoms with Gasteiger partial charge in [0, 0.05) is 6.07 Å². The number of hydrogen-bond donors (Lipinski definition) is 1. The fourth-order valence-corrected chi connectivity index (χ4v) is 4.60. The number of hydrogen-bond acceptors (Lipinski definition) is 5. The Morgan fingerprint density at radius 3 is 2.30 bits per heavy atom. The van der Waals surface area contributed by atoms with Crippen LogP contribution in [0, 0.1) is 13.8 Å². The first kappa shape index (κ1) is 22.0. The molecule has 1 aliphatic rings. The van der Waals surface area contributed by atoms with Gasteiger partial charge in [0.15, 0.2) is 11.5 Å². The summed E-state index contributed by atoms with van der Waals surface area (Å²) in [5, 5.41) is 2.93. The van der Waals surface area contributed by atoms with Crippen molar-refractivity contribution in [1.82, 2.24) is 5.32 Å². The second kappa shape index (κ2) is 8.55. The highest BCUT2D eigenvalue weighted by atomic mass is 32.2. The summed E-state index contributed by atoms with van der Waals surface area (Å²) in [6.07, 6.45) is 1.08. The molecule has 1 heterocycles. The van der Waals surface area contributed by atoms with E-state index in [2.05, 4.69) is 5.32 Å². The lowest BCUT2D eigenvalue weighted by Gasteiger charge is -2.30. The molecule has 30 heavy (non-hydrogen) atoms. The molecule has 1 N–H and O–H groups in total. The van der Waals surface area contributed by atoms with E-state index in [1.807, 2.05) is 39.0 Å². The van der Waals surface area contributed by atoms with Gasteiger partial charge in [0.2, 0.25) is 15.9 Å². The molecule has 1 aliphatic heterocycles. The molecular formula is C22H28N2O5S. The smallest absolute Gasteiger partial charge is 0.244 e. The highest BCUT2D eigenvalue weighted by molar-refractivity contribution is 7.92. The zero-order valence-corrected chi connectivity index (χ0v) is 18.7. The van der Waals surface area contributed by atoms with Crippen molar-refractivity contribution in [2.45, 2.75) is 39.8 Å². The number of anilines is 1. The zero-order valence-electron chi connectivity index (χ0n) is 17.9. The number of aryl methyl sites for hydroxylation is 2. The highest BCUT2D eigenvalue weighted by Crippen LogP contribution is 2.35. The van der Waals surface area contributed by atoms with Crippen molar-refractivity contribution in [3.05, 3.63) is 53.1 Å². The lowest BCUT2D eigenvalue weighted by Crippen LogP contribution is -2.48. The second-order valence-electron chi connectivity index (χ2n) is 7.64. The van der Waals surface area contributed by atoms with E-state index in [0.717, 1.165) is 21.7 Å². The zero-order chi connectivity index (χ0) is 22.1. The first-order chi connectivity index (χ1) is 14.1. The van der Waals surface area contributed by atoms with Crippen molar-refractivity contribution in [3.63, 3.8) is 0 Å². The van der Waals surface area contributed by atoms with Gasteiger partial charge in [-0.1, -0.05) is 18.2 Å². The van der Waals surface area contributed by atoms with Crippen molar-refractivity contribution < 1.29 is 22.7 Å². The molecule has 162 valence electrons. The van der Waals surface area contributed by atoms with Crippen molar-refractivity contribution >= 4 is 21.6 Å². The number of amides is 1. The number of fused-ring (bicyclic) bond motifs is 1. The number of carbonyl (C=O) groups excluding carboxylic acids is 1. The van der Waals surface area contributed by atoms with E-state index >= 15 is 0 Å². The second-order valence-corrected chi connectivity index (χ2v) is 9.50. The van der Waals surface area contributed by atoms with E-state index in [1.54, 1.807) is 25.1 Å². The molecule has 0 unspecified atom stereocenters. The molecule has 1 amide bonds. The number of sulfonamides is 1. The Kier molecular flexibility index (Phi) is 6.26. The van der Waals surface area contributed by atoms with Crippen LogP contribution in [-0.2, 0) is 14.8 Å². The normalized spacial score (nSPS) is 15.2. The third-order valence-corrected chi connectivity index (χ3v) is 6.50. The van der Waals surface area contributed by atoms with E-state index in [1.165, 1.54) is 5.56 Å². The SMILES string of the molecule is Cc1ccc([C@H](C)NC(=O)[C@H](C)N(c2ccc3c(c2)OCCO3)S(C)(=O)=O)cc1C. The number of nitrogens with one attached hydrogen (secondary N) is 1. The van der Waals surface area contributed by atoms with Crippen LogP contribution in [0.3, 0.4) is 0 Å². The van der Waals surface area contributed by atoms with E-state index in [4.69, 9.17) is 9.47 Å². The van der Waals surface area contributed by atoms with Crippen molar-refractivity contribution in [3.8, 4) is 11.5 Å². The third kappa shape index (κ3) is 4.70.